The number of rotatable bonds is 3. The van der Waals surface area contributed by atoms with Crippen molar-refractivity contribution in [3.63, 3.8) is 0 Å². The molecule has 0 radical (unpaired) electrons. The molecule has 4 nitrogen and oxygen atoms in total. The van der Waals surface area contributed by atoms with Gasteiger partial charge in [0.1, 0.15) is 13.2 Å². The van der Waals surface area contributed by atoms with Crippen LogP contribution in [0.5, 0.6) is 0 Å². The summed E-state index contributed by atoms with van der Waals surface area (Å²) in [6.07, 6.45) is 1.57. The molecule has 1 aliphatic carbocycles. The van der Waals surface area contributed by atoms with Crippen LogP contribution in [0.2, 0.25) is 0 Å². The van der Waals surface area contributed by atoms with Gasteiger partial charge in [-0.2, -0.15) is 0 Å². The van der Waals surface area contributed by atoms with Crippen molar-refractivity contribution in [1.82, 2.24) is 5.32 Å². The van der Waals surface area contributed by atoms with Crippen molar-refractivity contribution in [3.8, 4) is 0 Å². The van der Waals surface area contributed by atoms with E-state index in [4.69, 9.17) is 4.74 Å². The predicted octanol–water partition coefficient (Wildman–Crippen LogP) is 1.06. The Morgan fingerprint density at radius 3 is 2.46 bits per heavy atom. The molecular formula is C9H14NO3+. The molecule has 0 aromatic rings. The van der Waals surface area contributed by atoms with E-state index in [1.807, 2.05) is 0 Å². The van der Waals surface area contributed by atoms with E-state index in [0.29, 0.717) is 12.8 Å². The van der Waals surface area contributed by atoms with Crippen LogP contribution in [-0.4, -0.2) is 23.5 Å². The van der Waals surface area contributed by atoms with Crippen LogP contribution in [0.15, 0.2) is 0 Å². The van der Waals surface area contributed by atoms with Crippen LogP contribution in [0.3, 0.4) is 0 Å². The van der Waals surface area contributed by atoms with Crippen molar-refractivity contribution in [3.05, 3.63) is 6.92 Å². The molecule has 0 aromatic carbocycles. The van der Waals surface area contributed by atoms with E-state index in [-0.39, 0.29) is 0 Å². The number of amides is 1. The van der Waals surface area contributed by atoms with Gasteiger partial charge in [0.15, 0.2) is 0 Å². The Bertz CT molecular complexity index is 226. The first-order chi connectivity index (χ1) is 5.87. The lowest BCUT2D eigenvalue weighted by atomic mass is 10.2. The highest BCUT2D eigenvalue weighted by Crippen LogP contribution is 2.33. The van der Waals surface area contributed by atoms with Crippen molar-refractivity contribution < 1.29 is 14.3 Å². The van der Waals surface area contributed by atoms with E-state index in [9.17, 15) is 9.59 Å². The van der Waals surface area contributed by atoms with Gasteiger partial charge in [-0.05, 0) is 12.8 Å². The Balaban J connectivity index is 2.38. The average Bonchev–Trinajstić information content (AvgIpc) is 2.65. The Kier molecular flexibility index (Phi) is 2.24. The molecule has 1 aliphatic rings. The highest BCUT2D eigenvalue weighted by Gasteiger charge is 2.45. The molecule has 1 saturated carbocycles. The third kappa shape index (κ3) is 2.97. The summed E-state index contributed by atoms with van der Waals surface area (Å²) in [5.74, 6) is 0. The largest absolute Gasteiger partial charge is 0.411 e. The SMILES string of the molecule is [CH2+]C(C)(C)OC(=O)NC1(C=O)CC1. The van der Waals surface area contributed by atoms with Crippen LogP contribution in [-0.2, 0) is 9.53 Å². The molecule has 4 heteroatoms. The third-order valence-electron chi connectivity index (χ3n) is 1.73. The zero-order valence-corrected chi connectivity index (χ0v) is 7.92. The molecule has 0 atom stereocenters. The quantitative estimate of drug-likeness (QED) is 0.527. The van der Waals surface area contributed by atoms with Crippen LogP contribution in [0.4, 0.5) is 4.79 Å². The fourth-order valence-electron chi connectivity index (χ4n) is 0.887. The number of hydrogen-bond acceptors (Lipinski definition) is 3. The van der Waals surface area contributed by atoms with E-state index in [2.05, 4.69) is 12.2 Å². The van der Waals surface area contributed by atoms with Gasteiger partial charge in [0, 0.05) is 13.8 Å². The van der Waals surface area contributed by atoms with Crippen molar-refractivity contribution in [2.75, 3.05) is 0 Å². The summed E-state index contributed by atoms with van der Waals surface area (Å²) in [7, 11) is 0. The molecule has 1 N–H and O–H groups in total. The van der Waals surface area contributed by atoms with Gasteiger partial charge in [0.05, 0.1) is 5.54 Å². The second-order valence-electron chi connectivity index (χ2n) is 4.05. The van der Waals surface area contributed by atoms with Crippen molar-refractivity contribution in [1.29, 1.82) is 0 Å². The maximum absolute atomic E-state index is 11.1. The van der Waals surface area contributed by atoms with Gasteiger partial charge >= 0.3 is 6.09 Å². The summed E-state index contributed by atoms with van der Waals surface area (Å²) in [6.45, 7) is 6.96. The zero-order chi connectivity index (χ0) is 10.1. The minimum atomic E-state index is -0.761. The first-order valence-electron chi connectivity index (χ1n) is 4.20. The van der Waals surface area contributed by atoms with Gasteiger partial charge in [-0.25, -0.2) is 4.79 Å². The topological polar surface area (TPSA) is 55.4 Å². The van der Waals surface area contributed by atoms with Crippen LogP contribution in [0.25, 0.3) is 0 Å². The summed E-state index contributed by atoms with van der Waals surface area (Å²) < 4.78 is 4.90. The fraction of sp³-hybridized carbons (Fsp3) is 0.667. The van der Waals surface area contributed by atoms with Crippen LogP contribution < -0.4 is 5.32 Å². The molecule has 0 bridgehead atoms. The Morgan fingerprint density at radius 2 is 2.15 bits per heavy atom. The van der Waals surface area contributed by atoms with Crippen LogP contribution in [0, 0.1) is 6.92 Å². The molecule has 1 fully saturated rings. The van der Waals surface area contributed by atoms with Gasteiger partial charge in [-0.3, -0.25) is 0 Å². The smallest absolute Gasteiger partial charge is 0.403 e. The number of hydrogen-bond donors (Lipinski definition) is 1. The Morgan fingerprint density at radius 1 is 1.62 bits per heavy atom. The molecule has 0 unspecified atom stereocenters. The summed E-state index contributed by atoms with van der Waals surface area (Å²) in [6, 6.07) is 0. The van der Waals surface area contributed by atoms with Crippen LogP contribution >= 0.6 is 0 Å². The molecule has 0 aromatic heterocycles. The number of nitrogens with one attached hydrogen (secondary N) is 1. The summed E-state index contributed by atoms with van der Waals surface area (Å²) in [4.78, 5) is 21.6. The van der Waals surface area contributed by atoms with Crippen molar-refractivity contribution in [2.45, 2.75) is 37.8 Å². The molecule has 0 aliphatic heterocycles. The Hall–Kier alpha value is -1.19. The lowest BCUT2D eigenvalue weighted by Crippen LogP contribution is -2.41. The highest BCUT2D eigenvalue weighted by molar-refractivity contribution is 5.79. The maximum Gasteiger partial charge on any atom is 0.411 e. The Labute approximate surface area is 77.6 Å². The van der Waals surface area contributed by atoms with Crippen molar-refractivity contribution in [2.24, 2.45) is 0 Å². The minimum Gasteiger partial charge on any atom is -0.403 e. The van der Waals surface area contributed by atoms with E-state index < -0.39 is 17.2 Å². The lowest BCUT2D eigenvalue weighted by Gasteiger charge is -2.15. The molecule has 13 heavy (non-hydrogen) atoms. The number of alkyl carbamates (subject to hydrolysis) is 1. The zero-order valence-electron chi connectivity index (χ0n) is 7.92. The standard InChI is InChI=1S/C9H13NO3/c1-8(2,3)13-7(12)10-9(6-11)4-5-9/h6H,1,4-5H2,2-3H3/p+1. The molecule has 0 saturated heterocycles. The van der Waals surface area contributed by atoms with E-state index >= 15 is 0 Å². The monoisotopic (exact) mass is 184 g/mol. The fourth-order valence-corrected chi connectivity index (χ4v) is 0.887. The molecule has 0 spiro atoms. The number of carbonyl (C=O) groups is 2. The average molecular weight is 184 g/mol. The normalized spacial score (nSPS) is 18.9. The minimum absolute atomic E-state index is 0.579. The number of aldehydes is 1. The van der Waals surface area contributed by atoms with Gasteiger partial charge in [0.2, 0.25) is 5.60 Å². The van der Waals surface area contributed by atoms with Crippen LogP contribution in [0.1, 0.15) is 26.7 Å². The second-order valence-corrected chi connectivity index (χ2v) is 4.05. The van der Waals surface area contributed by atoms with Gasteiger partial charge in [0.25, 0.3) is 0 Å². The third-order valence-corrected chi connectivity index (χ3v) is 1.73. The number of ether oxygens (including phenoxy) is 1. The summed E-state index contributed by atoms with van der Waals surface area (Å²) >= 11 is 0. The summed E-state index contributed by atoms with van der Waals surface area (Å²) in [5, 5.41) is 2.50. The van der Waals surface area contributed by atoms with E-state index in [0.717, 1.165) is 6.29 Å². The molecule has 0 heterocycles. The summed E-state index contributed by atoms with van der Waals surface area (Å²) in [5.41, 5.74) is -1.41. The first-order valence-corrected chi connectivity index (χ1v) is 4.20. The second kappa shape index (κ2) is 2.94. The van der Waals surface area contributed by atoms with Crippen molar-refractivity contribution >= 4 is 12.4 Å². The first kappa shape index (κ1) is 9.89. The van der Waals surface area contributed by atoms with E-state index in [1.54, 1.807) is 13.8 Å². The maximum atomic E-state index is 11.1. The van der Waals surface area contributed by atoms with Gasteiger partial charge in [-0.15, -0.1) is 0 Å². The molecule has 1 rings (SSSR count). The molecular weight excluding hydrogens is 170 g/mol. The molecule has 1 amide bonds. The van der Waals surface area contributed by atoms with Gasteiger partial charge < -0.3 is 14.8 Å². The predicted molar refractivity (Wildman–Crippen MR) is 47.1 cm³/mol. The highest BCUT2D eigenvalue weighted by atomic mass is 16.6. The lowest BCUT2D eigenvalue weighted by molar-refractivity contribution is -0.110. The molecule has 72 valence electrons. The van der Waals surface area contributed by atoms with Gasteiger partial charge in [-0.1, -0.05) is 0 Å². The number of carbonyl (C=O) groups excluding carboxylic acids is 2. The van der Waals surface area contributed by atoms with E-state index in [1.165, 1.54) is 0 Å².